The Morgan fingerprint density at radius 3 is 2.55 bits per heavy atom. The molecule has 2 bridgehead atoms. The summed E-state index contributed by atoms with van der Waals surface area (Å²) in [6, 6.07) is -1.57. The average Bonchev–Trinajstić information content (AvgIpc) is 3.40. The first-order valence-corrected chi connectivity index (χ1v) is 11.9. The summed E-state index contributed by atoms with van der Waals surface area (Å²) in [7, 11) is 0. The molecule has 6 atom stereocenters. The Balaban J connectivity index is 2.08. The number of nitrogens with zero attached hydrogens (tertiary/aromatic N) is 2. The Hall–Kier alpha value is -2.19. The van der Waals surface area contributed by atoms with Gasteiger partial charge in [0.15, 0.2) is 0 Å². The maximum atomic E-state index is 14.0. The highest BCUT2D eigenvalue weighted by atomic mass is 16.6. The van der Waals surface area contributed by atoms with Crippen molar-refractivity contribution >= 4 is 17.8 Å². The third-order valence-corrected chi connectivity index (χ3v) is 7.17. The van der Waals surface area contributed by atoms with Crippen LogP contribution in [0.2, 0.25) is 0 Å². The highest BCUT2D eigenvalue weighted by Gasteiger charge is 2.75. The first-order chi connectivity index (χ1) is 15.6. The van der Waals surface area contributed by atoms with Crippen molar-refractivity contribution in [2.75, 3.05) is 19.8 Å². The van der Waals surface area contributed by atoms with Crippen LogP contribution < -0.4 is 0 Å². The van der Waals surface area contributed by atoms with Gasteiger partial charge in [0.2, 0.25) is 11.8 Å². The van der Waals surface area contributed by atoms with Crippen molar-refractivity contribution in [2.24, 2.45) is 17.8 Å². The SMILES string of the molecule is C=CCOC(=O)[C@@H]1[C@H]2C(=O)N([C@@H](CO)CC(C)C)C(C(=O)N(CC=C)C(C)C)C23CC[C@H]1O3. The fraction of sp³-hybridized carbons (Fsp3) is 0.720. The average molecular weight is 463 g/mol. The maximum Gasteiger partial charge on any atom is 0.312 e. The van der Waals surface area contributed by atoms with Gasteiger partial charge in [0.25, 0.3) is 0 Å². The maximum absolute atomic E-state index is 14.0. The number of amides is 2. The number of likely N-dealkylation sites (tertiary alicyclic amines) is 1. The number of carbonyl (C=O) groups excluding carboxylic acids is 3. The molecule has 3 saturated heterocycles. The van der Waals surface area contributed by atoms with Gasteiger partial charge < -0.3 is 24.4 Å². The standard InChI is InChI=1S/C25H38N2O6/c1-7-11-26(16(5)6)23(30)21-25-10-9-18(33-25)19(24(31)32-12-8-2)20(25)22(29)27(21)17(14-28)13-15(3)4/h7-8,15-21,28H,1-2,9-14H2,3-6H3/t17-,18-,19+,20+,21?,25?/m1/s1. The summed E-state index contributed by atoms with van der Waals surface area (Å²) in [6.07, 6.45) is 4.30. The Kier molecular flexibility index (Phi) is 7.69. The molecule has 0 aliphatic carbocycles. The number of fused-ring (bicyclic) bond motifs is 1. The molecule has 2 amide bonds. The first-order valence-electron chi connectivity index (χ1n) is 11.9. The third kappa shape index (κ3) is 4.23. The topological polar surface area (TPSA) is 96.4 Å². The zero-order chi connectivity index (χ0) is 24.5. The molecule has 0 saturated carbocycles. The van der Waals surface area contributed by atoms with Gasteiger partial charge in [0, 0.05) is 12.6 Å². The molecule has 0 aromatic heterocycles. The number of esters is 1. The molecule has 0 aromatic carbocycles. The molecule has 33 heavy (non-hydrogen) atoms. The molecular formula is C25H38N2O6. The van der Waals surface area contributed by atoms with E-state index in [0.717, 1.165) is 0 Å². The van der Waals surface area contributed by atoms with Crippen molar-refractivity contribution in [1.82, 2.24) is 9.80 Å². The number of hydrogen-bond donors (Lipinski definition) is 1. The number of ether oxygens (including phenoxy) is 2. The van der Waals surface area contributed by atoms with Crippen LogP contribution in [0.1, 0.15) is 47.0 Å². The summed E-state index contributed by atoms with van der Waals surface area (Å²) in [5, 5.41) is 10.2. The van der Waals surface area contributed by atoms with Crippen LogP contribution in [0.15, 0.2) is 25.3 Å². The van der Waals surface area contributed by atoms with E-state index >= 15 is 0 Å². The molecule has 0 aromatic rings. The Bertz CT molecular complexity index is 796. The van der Waals surface area contributed by atoms with E-state index in [1.54, 1.807) is 11.0 Å². The highest BCUT2D eigenvalue weighted by Crippen LogP contribution is 2.59. The van der Waals surface area contributed by atoms with Crippen LogP contribution in [0.5, 0.6) is 0 Å². The second-order valence-corrected chi connectivity index (χ2v) is 10.1. The minimum atomic E-state index is -1.10. The van der Waals surface area contributed by atoms with Crippen LogP contribution in [0.4, 0.5) is 0 Å². The highest BCUT2D eigenvalue weighted by molar-refractivity contribution is 5.98. The molecule has 8 nitrogen and oxygen atoms in total. The van der Waals surface area contributed by atoms with E-state index in [1.807, 2.05) is 27.7 Å². The van der Waals surface area contributed by atoms with Crippen molar-refractivity contribution < 1.29 is 29.0 Å². The van der Waals surface area contributed by atoms with E-state index in [0.29, 0.717) is 25.8 Å². The van der Waals surface area contributed by atoms with Gasteiger partial charge in [-0.2, -0.15) is 0 Å². The lowest BCUT2D eigenvalue weighted by Crippen LogP contribution is -2.59. The van der Waals surface area contributed by atoms with Crippen LogP contribution in [-0.4, -0.2) is 82.3 Å². The Morgan fingerprint density at radius 2 is 2.00 bits per heavy atom. The zero-order valence-electron chi connectivity index (χ0n) is 20.2. The van der Waals surface area contributed by atoms with Gasteiger partial charge in [-0.15, -0.1) is 6.58 Å². The molecule has 3 heterocycles. The summed E-state index contributed by atoms with van der Waals surface area (Å²) >= 11 is 0. The quantitative estimate of drug-likeness (QED) is 0.372. The molecule has 3 aliphatic rings. The van der Waals surface area contributed by atoms with Crippen molar-refractivity contribution in [3.05, 3.63) is 25.3 Å². The fourth-order valence-corrected chi connectivity index (χ4v) is 5.94. The van der Waals surface area contributed by atoms with Gasteiger partial charge in [-0.1, -0.05) is 32.6 Å². The van der Waals surface area contributed by atoms with E-state index in [-0.39, 0.29) is 37.0 Å². The van der Waals surface area contributed by atoms with Crippen LogP contribution in [0, 0.1) is 17.8 Å². The Labute approximate surface area is 196 Å². The predicted octanol–water partition coefficient (Wildman–Crippen LogP) is 1.92. The van der Waals surface area contributed by atoms with Crippen LogP contribution in [-0.2, 0) is 23.9 Å². The van der Waals surface area contributed by atoms with Crippen LogP contribution in [0.25, 0.3) is 0 Å². The molecule has 3 aliphatic heterocycles. The van der Waals surface area contributed by atoms with E-state index in [9.17, 15) is 19.5 Å². The molecule has 1 spiro atoms. The number of aliphatic hydroxyl groups is 1. The zero-order valence-corrected chi connectivity index (χ0v) is 20.2. The molecule has 184 valence electrons. The lowest BCUT2D eigenvalue weighted by Gasteiger charge is -2.40. The minimum absolute atomic E-state index is 0.0507. The molecule has 2 unspecified atom stereocenters. The predicted molar refractivity (Wildman–Crippen MR) is 123 cm³/mol. The lowest BCUT2D eigenvalue weighted by atomic mass is 9.70. The fourth-order valence-electron chi connectivity index (χ4n) is 5.94. The van der Waals surface area contributed by atoms with E-state index in [2.05, 4.69) is 13.2 Å². The van der Waals surface area contributed by atoms with Crippen molar-refractivity contribution in [2.45, 2.75) is 76.8 Å². The summed E-state index contributed by atoms with van der Waals surface area (Å²) in [5.74, 6) is -2.41. The second kappa shape index (κ2) is 9.97. The molecule has 3 rings (SSSR count). The molecule has 8 heteroatoms. The Morgan fingerprint density at radius 1 is 1.30 bits per heavy atom. The first kappa shape index (κ1) is 25.4. The molecule has 0 radical (unpaired) electrons. The normalized spacial score (nSPS) is 31.1. The van der Waals surface area contributed by atoms with Crippen molar-refractivity contribution in [1.29, 1.82) is 0 Å². The van der Waals surface area contributed by atoms with Crippen LogP contribution in [0.3, 0.4) is 0 Å². The van der Waals surface area contributed by atoms with E-state index < -0.39 is 41.6 Å². The van der Waals surface area contributed by atoms with Gasteiger partial charge in [0.05, 0.1) is 30.6 Å². The smallest absolute Gasteiger partial charge is 0.312 e. The molecule has 1 N–H and O–H groups in total. The monoisotopic (exact) mass is 462 g/mol. The number of aliphatic hydroxyl groups excluding tert-OH is 1. The number of rotatable bonds is 11. The van der Waals surface area contributed by atoms with Crippen molar-refractivity contribution in [3.63, 3.8) is 0 Å². The lowest BCUT2D eigenvalue weighted by molar-refractivity contribution is -0.156. The summed E-state index contributed by atoms with van der Waals surface area (Å²) in [4.78, 5) is 44.1. The van der Waals surface area contributed by atoms with Crippen LogP contribution >= 0.6 is 0 Å². The minimum Gasteiger partial charge on any atom is -0.461 e. The van der Waals surface area contributed by atoms with Crippen molar-refractivity contribution in [3.8, 4) is 0 Å². The van der Waals surface area contributed by atoms with E-state index in [1.165, 1.54) is 11.0 Å². The largest absolute Gasteiger partial charge is 0.461 e. The van der Waals surface area contributed by atoms with Gasteiger partial charge in [0.1, 0.15) is 18.2 Å². The second-order valence-electron chi connectivity index (χ2n) is 10.1. The van der Waals surface area contributed by atoms with Gasteiger partial charge in [-0.05, 0) is 39.0 Å². The van der Waals surface area contributed by atoms with E-state index in [4.69, 9.17) is 9.47 Å². The summed E-state index contributed by atoms with van der Waals surface area (Å²) in [6.45, 7) is 15.3. The van der Waals surface area contributed by atoms with Gasteiger partial charge in [-0.3, -0.25) is 14.4 Å². The number of carbonyl (C=O) groups is 3. The number of hydrogen-bond acceptors (Lipinski definition) is 6. The summed E-state index contributed by atoms with van der Waals surface area (Å²) < 4.78 is 11.7. The van der Waals surface area contributed by atoms with Gasteiger partial charge >= 0.3 is 5.97 Å². The molecule has 3 fully saturated rings. The summed E-state index contributed by atoms with van der Waals surface area (Å²) in [5.41, 5.74) is -1.10. The molecular weight excluding hydrogens is 424 g/mol. The van der Waals surface area contributed by atoms with Gasteiger partial charge in [-0.25, -0.2) is 0 Å². The third-order valence-electron chi connectivity index (χ3n) is 7.17.